The molecule has 0 aliphatic carbocycles. The minimum atomic E-state index is -3.76. The number of methoxy groups -OCH3 is 1. The highest BCUT2D eigenvalue weighted by Crippen LogP contribution is 2.25. The summed E-state index contributed by atoms with van der Waals surface area (Å²) in [6, 6.07) is 10.8. The lowest BCUT2D eigenvalue weighted by atomic mass is 10.1. The van der Waals surface area contributed by atoms with Gasteiger partial charge in [-0.15, -0.1) is 0 Å². The van der Waals surface area contributed by atoms with E-state index in [0.29, 0.717) is 5.75 Å². The van der Waals surface area contributed by atoms with Crippen LogP contribution in [0.3, 0.4) is 0 Å². The number of sulfonamides is 1. The van der Waals surface area contributed by atoms with E-state index >= 15 is 0 Å². The van der Waals surface area contributed by atoms with Crippen LogP contribution in [0.2, 0.25) is 0 Å². The monoisotopic (exact) mass is 394 g/mol. The van der Waals surface area contributed by atoms with Gasteiger partial charge in [0.1, 0.15) is 17.6 Å². The predicted molar refractivity (Wildman–Crippen MR) is 103 cm³/mol. The van der Waals surface area contributed by atoms with Gasteiger partial charge in [-0.1, -0.05) is 18.2 Å². The van der Waals surface area contributed by atoms with Crippen LogP contribution < -0.4 is 14.4 Å². The van der Waals surface area contributed by atoms with Crippen molar-refractivity contribution in [2.75, 3.05) is 17.7 Å². The van der Waals surface area contributed by atoms with Gasteiger partial charge in [0.15, 0.2) is 0 Å². The molecule has 0 saturated heterocycles. The van der Waals surface area contributed by atoms with E-state index in [1.807, 2.05) is 18.2 Å². The summed E-state index contributed by atoms with van der Waals surface area (Å²) in [5.74, 6) is -0.353. The van der Waals surface area contributed by atoms with Crippen molar-refractivity contribution in [1.82, 2.24) is 5.32 Å². The number of nitrogens with zero attached hydrogens (tertiary/aromatic N) is 1. The van der Waals surface area contributed by atoms with E-state index in [-0.39, 0.29) is 5.69 Å². The van der Waals surface area contributed by atoms with Crippen molar-refractivity contribution in [3.05, 3.63) is 59.9 Å². The third-order valence-corrected chi connectivity index (χ3v) is 5.38. The average Bonchev–Trinajstić information content (AvgIpc) is 2.62. The summed E-state index contributed by atoms with van der Waals surface area (Å²) in [5.41, 5.74) is 0.986. The fourth-order valence-electron chi connectivity index (χ4n) is 2.83. The zero-order valence-electron chi connectivity index (χ0n) is 15.6. The van der Waals surface area contributed by atoms with Crippen LogP contribution >= 0.6 is 0 Å². The van der Waals surface area contributed by atoms with Crippen LogP contribution in [0.15, 0.2) is 48.5 Å². The van der Waals surface area contributed by atoms with Gasteiger partial charge in [-0.25, -0.2) is 12.8 Å². The van der Waals surface area contributed by atoms with Crippen molar-refractivity contribution in [2.45, 2.75) is 25.9 Å². The number of hydrogen-bond donors (Lipinski definition) is 1. The number of para-hydroxylation sites is 1. The second-order valence-electron chi connectivity index (χ2n) is 6.18. The highest BCUT2D eigenvalue weighted by Gasteiger charge is 2.30. The zero-order valence-corrected chi connectivity index (χ0v) is 16.5. The van der Waals surface area contributed by atoms with Gasteiger partial charge in [-0.05, 0) is 44.2 Å². The maximum absolute atomic E-state index is 13.2. The van der Waals surface area contributed by atoms with E-state index in [4.69, 9.17) is 4.74 Å². The molecule has 6 nitrogen and oxygen atoms in total. The van der Waals surface area contributed by atoms with Crippen LogP contribution in [0.1, 0.15) is 25.5 Å². The number of halogens is 1. The quantitative estimate of drug-likeness (QED) is 0.784. The topological polar surface area (TPSA) is 75.7 Å². The highest BCUT2D eigenvalue weighted by molar-refractivity contribution is 7.92. The summed E-state index contributed by atoms with van der Waals surface area (Å²) < 4.78 is 43.9. The Hall–Kier alpha value is -2.61. The summed E-state index contributed by atoms with van der Waals surface area (Å²) in [6.07, 6.45) is 1.00. The highest BCUT2D eigenvalue weighted by atomic mass is 32.2. The molecule has 0 aromatic heterocycles. The molecule has 0 unspecified atom stereocenters. The Balaban J connectivity index is 2.26. The molecule has 0 heterocycles. The van der Waals surface area contributed by atoms with Gasteiger partial charge in [-0.2, -0.15) is 0 Å². The Labute approximate surface area is 159 Å². The number of carbonyl (C=O) groups excluding carboxylic acids is 1. The van der Waals surface area contributed by atoms with Crippen LogP contribution in [0.5, 0.6) is 5.75 Å². The molecule has 0 spiro atoms. The molecule has 27 heavy (non-hydrogen) atoms. The summed E-state index contributed by atoms with van der Waals surface area (Å²) in [6.45, 7) is 3.26. The Morgan fingerprint density at radius 1 is 1.11 bits per heavy atom. The van der Waals surface area contributed by atoms with E-state index in [9.17, 15) is 17.6 Å². The van der Waals surface area contributed by atoms with Gasteiger partial charge in [0.05, 0.1) is 25.1 Å². The number of hydrogen-bond acceptors (Lipinski definition) is 4. The zero-order chi connectivity index (χ0) is 20.2. The summed E-state index contributed by atoms with van der Waals surface area (Å²) >= 11 is 0. The molecule has 0 fully saturated rings. The molecule has 0 saturated carbocycles. The lowest BCUT2D eigenvalue weighted by Gasteiger charge is -2.29. The van der Waals surface area contributed by atoms with E-state index in [1.54, 1.807) is 13.0 Å². The second-order valence-corrected chi connectivity index (χ2v) is 8.04. The molecule has 146 valence electrons. The minimum Gasteiger partial charge on any atom is -0.496 e. The average molecular weight is 394 g/mol. The van der Waals surface area contributed by atoms with Crippen molar-refractivity contribution < 1.29 is 22.3 Å². The Kier molecular flexibility index (Phi) is 6.43. The fraction of sp³-hybridized carbons (Fsp3) is 0.316. The Bertz CT molecular complexity index is 900. The van der Waals surface area contributed by atoms with Crippen molar-refractivity contribution >= 4 is 21.6 Å². The lowest BCUT2D eigenvalue weighted by Crippen LogP contribution is -2.48. The van der Waals surface area contributed by atoms with Gasteiger partial charge >= 0.3 is 0 Å². The molecule has 2 aromatic carbocycles. The third kappa shape index (κ3) is 4.97. The number of ether oxygens (including phenoxy) is 1. The van der Waals surface area contributed by atoms with E-state index in [2.05, 4.69) is 5.32 Å². The maximum Gasteiger partial charge on any atom is 0.244 e. The first kappa shape index (κ1) is 20.7. The van der Waals surface area contributed by atoms with Crippen LogP contribution in [-0.4, -0.2) is 33.7 Å². The first-order valence-electron chi connectivity index (χ1n) is 8.33. The summed E-state index contributed by atoms with van der Waals surface area (Å²) in [5, 5.41) is 2.81. The molecular weight excluding hydrogens is 371 g/mol. The number of amides is 1. The van der Waals surface area contributed by atoms with E-state index in [0.717, 1.165) is 28.3 Å². The van der Waals surface area contributed by atoms with Crippen molar-refractivity contribution in [1.29, 1.82) is 0 Å². The van der Waals surface area contributed by atoms with Gasteiger partial charge in [0, 0.05) is 5.56 Å². The standard InChI is InChI=1S/C19H23FN2O4S/c1-13(17-7-5-6-8-18(17)26-3)21-19(23)14(2)22(27(4,24)25)16-11-9-15(20)10-12-16/h5-14H,1-4H3,(H,21,23)/t13-,14-/m1/s1. The van der Waals surface area contributed by atoms with Crippen LogP contribution in [0, 0.1) is 5.82 Å². The van der Waals surface area contributed by atoms with E-state index in [1.165, 1.54) is 26.2 Å². The summed E-state index contributed by atoms with van der Waals surface area (Å²) in [4.78, 5) is 12.7. The predicted octanol–water partition coefficient (Wildman–Crippen LogP) is 2.87. The smallest absolute Gasteiger partial charge is 0.244 e. The number of rotatable bonds is 7. The fourth-order valence-corrected chi connectivity index (χ4v) is 4.01. The molecular formula is C19H23FN2O4S. The van der Waals surface area contributed by atoms with Crippen LogP contribution in [0.4, 0.5) is 10.1 Å². The SMILES string of the molecule is COc1ccccc1[C@@H](C)NC(=O)[C@@H](C)N(c1ccc(F)cc1)S(C)(=O)=O. The van der Waals surface area contributed by atoms with Gasteiger partial charge in [0.25, 0.3) is 0 Å². The number of nitrogens with one attached hydrogen (secondary N) is 1. The first-order chi connectivity index (χ1) is 12.6. The Morgan fingerprint density at radius 3 is 2.26 bits per heavy atom. The van der Waals surface area contributed by atoms with E-state index < -0.39 is 33.8 Å². The molecule has 1 N–H and O–H groups in total. The lowest BCUT2D eigenvalue weighted by molar-refractivity contribution is -0.122. The first-order valence-corrected chi connectivity index (χ1v) is 10.2. The molecule has 0 bridgehead atoms. The minimum absolute atomic E-state index is 0.214. The molecule has 2 atom stereocenters. The molecule has 0 aliphatic heterocycles. The molecule has 0 aliphatic rings. The van der Waals surface area contributed by atoms with Crippen molar-refractivity contribution in [2.24, 2.45) is 0 Å². The molecule has 8 heteroatoms. The maximum atomic E-state index is 13.2. The molecule has 0 radical (unpaired) electrons. The summed E-state index contributed by atoms with van der Waals surface area (Å²) in [7, 11) is -2.23. The van der Waals surface area contributed by atoms with Crippen LogP contribution in [-0.2, 0) is 14.8 Å². The Morgan fingerprint density at radius 2 is 1.70 bits per heavy atom. The number of benzene rings is 2. The van der Waals surface area contributed by atoms with Gasteiger partial charge < -0.3 is 10.1 Å². The number of anilines is 1. The molecule has 2 aromatic rings. The van der Waals surface area contributed by atoms with Crippen LogP contribution in [0.25, 0.3) is 0 Å². The molecule has 1 amide bonds. The van der Waals surface area contributed by atoms with Crippen molar-refractivity contribution in [3.8, 4) is 5.75 Å². The third-order valence-electron chi connectivity index (χ3n) is 4.13. The largest absolute Gasteiger partial charge is 0.496 e. The molecule has 2 rings (SSSR count). The number of carbonyl (C=O) groups is 1. The van der Waals surface area contributed by atoms with Crippen molar-refractivity contribution in [3.63, 3.8) is 0 Å². The second kappa shape index (κ2) is 8.39. The van der Waals surface area contributed by atoms with Gasteiger partial charge in [-0.3, -0.25) is 9.10 Å². The normalized spacial score (nSPS) is 13.5. The van der Waals surface area contributed by atoms with Gasteiger partial charge in [0.2, 0.25) is 15.9 Å².